The van der Waals surface area contributed by atoms with Crippen molar-refractivity contribution in [3.63, 3.8) is 0 Å². The fourth-order valence-electron chi connectivity index (χ4n) is 1.64. The topological polar surface area (TPSA) is 37.3 Å². The van der Waals surface area contributed by atoms with E-state index in [1.54, 1.807) is 0 Å². The highest BCUT2D eigenvalue weighted by atomic mass is 16.3. The van der Waals surface area contributed by atoms with Gasteiger partial charge in [-0.15, -0.1) is 0 Å². The summed E-state index contributed by atoms with van der Waals surface area (Å²) in [7, 11) is 0. The maximum Gasteiger partial charge on any atom is 0.165 e. The smallest absolute Gasteiger partial charge is 0.165 e. The fourth-order valence-corrected chi connectivity index (χ4v) is 1.64. The van der Waals surface area contributed by atoms with Crippen molar-refractivity contribution in [1.29, 1.82) is 0 Å². The molecule has 0 aliphatic heterocycles. The van der Waals surface area contributed by atoms with Crippen LogP contribution in [0.3, 0.4) is 0 Å². The Morgan fingerprint density at radius 3 is 2.19 bits per heavy atom. The van der Waals surface area contributed by atoms with E-state index in [-0.39, 0.29) is 5.78 Å². The average molecular weight is 220 g/mol. The molecule has 1 unspecified atom stereocenters. The van der Waals surface area contributed by atoms with Gasteiger partial charge >= 0.3 is 0 Å². The Hall–Kier alpha value is -1.15. The molecule has 1 atom stereocenters. The summed E-state index contributed by atoms with van der Waals surface area (Å²) in [6.45, 7) is 7.27. The van der Waals surface area contributed by atoms with Crippen LogP contribution in [0.15, 0.2) is 24.3 Å². The van der Waals surface area contributed by atoms with Crippen molar-refractivity contribution in [2.24, 2.45) is 5.92 Å². The zero-order valence-corrected chi connectivity index (χ0v) is 10.4. The Labute approximate surface area is 97.3 Å². The van der Waals surface area contributed by atoms with Crippen molar-refractivity contribution in [2.45, 2.75) is 39.7 Å². The molecule has 0 amide bonds. The van der Waals surface area contributed by atoms with Crippen LogP contribution in [0.4, 0.5) is 0 Å². The number of hydrogen-bond acceptors (Lipinski definition) is 2. The Bertz CT molecular complexity index is 361. The van der Waals surface area contributed by atoms with Gasteiger partial charge in [-0.1, -0.05) is 38.1 Å². The van der Waals surface area contributed by atoms with Crippen LogP contribution in [-0.2, 0) is 16.8 Å². The van der Waals surface area contributed by atoms with E-state index in [9.17, 15) is 9.90 Å². The minimum absolute atomic E-state index is 0.232. The molecule has 0 aromatic heterocycles. The maximum atomic E-state index is 11.3. The molecule has 0 saturated heterocycles. The summed E-state index contributed by atoms with van der Waals surface area (Å²) in [5.41, 5.74) is 0.529. The van der Waals surface area contributed by atoms with Gasteiger partial charge in [0, 0.05) is 0 Å². The average Bonchev–Trinajstić information content (AvgIpc) is 2.17. The lowest BCUT2D eigenvalue weighted by Crippen LogP contribution is -2.29. The van der Waals surface area contributed by atoms with Crippen LogP contribution in [0.5, 0.6) is 0 Å². The molecule has 1 aromatic rings. The molecule has 2 heteroatoms. The number of hydrogen-bond donors (Lipinski definition) is 1. The lowest BCUT2D eigenvalue weighted by atomic mass is 9.91. The lowest BCUT2D eigenvalue weighted by Gasteiger charge is -2.20. The number of carbonyl (C=O) groups excluding carboxylic acids is 1. The standard InChI is InChI=1S/C14H20O2/c1-10(2)9-12-5-7-13(8-6-12)14(4,16)11(3)15/h5-8,10,16H,9H2,1-4H3. The molecule has 0 spiro atoms. The van der Waals surface area contributed by atoms with E-state index in [1.807, 2.05) is 24.3 Å². The van der Waals surface area contributed by atoms with Crippen LogP contribution in [0.2, 0.25) is 0 Å². The highest BCUT2D eigenvalue weighted by Gasteiger charge is 2.28. The first kappa shape index (κ1) is 12.9. The van der Waals surface area contributed by atoms with E-state index in [0.717, 1.165) is 6.42 Å². The highest BCUT2D eigenvalue weighted by Crippen LogP contribution is 2.22. The van der Waals surface area contributed by atoms with Crippen molar-refractivity contribution in [3.8, 4) is 0 Å². The molecule has 0 aliphatic carbocycles. The lowest BCUT2D eigenvalue weighted by molar-refractivity contribution is -0.134. The van der Waals surface area contributed by atoms with Gasteiger partial charge in [-0.05, 0) is 37.3 Å². The van der Waals surface area contributed by atoms with E-state index < -0.39 is 5.60 Å². The summed E-state index contributed by atoms with van der Waals surface area (Å²) in [4.78, 5) is 11.3. The predicted octanol–water partition coefficient (Wildman–Crippen LogP) is 2.68. The first-order chi connectivity index (χ1) is 7.34. The zero-order chi connectivity index (χ0) is 12.3. The fraction of sp³-hybridized carbons (Fsp3) is 0.500. The van der Waals surface area contributed by atoms with E-state index in [1.165, 1.54) is 19.4 Å². The number of Topliss-reactive ketones (excluding diaryl/α,β-unsaturated/α-hetero) is 1. The van der Waals surface area contributed by atoms with Crippen molar-refractivity contribution in [2.75, 3.05) is 0 Å². The van der Waals surface area contributed by atoms with Gasteiger partial charge in [-0.25, -0.2) is 0 Å². The summed E-state index contributed by atoms with van der Waals surface area (Å²) in [6.07, 6.45) is 1.02. The molecule has 88 valence electrons. The first-order valence-corrected chi connectivity index (χ1v) is 5.67. The van der Waals surface area contributed by atoms with Gasteiger partial charge in [0.15, 0.2) is 5.78 Å². The van der Waals surface area contributed by atoms with Gasteiger partial charge in [0.25, 0.3) is 0 Å². The second-order valence-electron chi connectivity index (χ2n) is 4.92. The van der Waals surface area contributed by atoms with Gasteiger partial charge in [-0.2, -0.15) is 0 Å². The third-order valence-corrected chi connectivity index (χ3v) is 2.85. The minimum Gasteiger partial charge on any atom is -0.378 e. The molecule has 16 heavy (non-hydrogen) atoms. The Kier molecular flexibility index (Phi) is 3.87. The molecule has 0 saturated carbocycles. The molecule has 0 bridgehead atoms. The summed E-state index contributed by atoms with van der Waals surface area (Å²) in [5.74, 6) is 0.378. The van der Waals surface area contributed by atoms with Gasteiger partial charge in [-0.3, -0.25) is 4.79 Å². The van der Waals surface area contributed by atoms with Crippen molar-refractivity contribution >= 4 is 5.78 Å². The normalized spacial score (nSPS) is 14.9. The Morgan fingerprint density at radius 1 is 1.31 bits per heavy atom. The molecule has 0 fully saturated rings. The second kappa shape index (κ2) is 4.79. The number of rotatable bonds is 4. The second-order valence-corrected chi connectivity index (χ2v) is 4.92. The van der Waals surface area contributed by atoms with Crippen LogP contribution >= 0.6 is 0 Å². The van der Waals surface area contributed by atoms with Crippen LogP contribution in [0.25, 0.3) is 0 Å². The van der Waals surface area contributed by atoms with Gasteiger partial charge in [0.1, 0.15) is 5.60 Å². The summed E-state index contributed by atoms with van der Waals surface area (Å²) in [5, 5.41) is 9.99. The molecular weight excluding hydrogens is 200 g/mol. The summed E-state index contributed by atoms with van der Waals surface area (Å²) >= 11 is 0. The predicted molar refractivity (Wildman–Crippen MR) is 65.2 cm³/mol. The minimum atomic E-state index is -1.36. The molecule has 1 rings (SSSR count). The van der Waals surface area contributed by atoms with E-state index in [2.05, 4.69) is 13.8 Å². The highest BCUT2D eigenvalue weighted by molar-refractivity contribution is 5.85. The number of benzene rings is 1. The van der Waals surface area contributed by atoms with Crippen LogP contribution < -0.4 is 0 Å². The van der Waals surface area contributed by atoms with Crippen LogP contribution in [0, 0.1) is 5.92 Å². The van der Waals surface area contributed by atoms with Gasteiger partial charge in [0.05, 0.1) is 0 Å². The summed E-state index contributed by atoms with van der Waals surface area (Å²) in [6, 6.07) is 7.62. The largest absolute Gasteiger partial charge is 0.378 e. The van der Waals surface area contributed by atoms with Crippen molar-refractivity contribution < 1.29 is 9.90 Å². The molecule has 0 radical (unpaired) electrons. The van der Waals surface area contributed by atoms with Gasteiger partial charge in [0.2, 0.25) is 0 Å². The Morgan fingerprint density at radius 2 is 1.81 bits per heavy atom. The first-order valence-electron chi connectivity index (χ1n) is 5.67. The third-order valence-electron chi connectivity index (χ3n) is 2.85. The number of ketones is 1. The number of carbonyl (C=O) groups is 1. The SMILES string of the molecule is CC(=O)C(C)(O)c1ccc(CC(C)C)cc1. The van der Waals surface area contributed by atoms with Crippen molar-refractivity contribution in [1.82, 2.24) is 0 Å². The van der Waals surface area contributed by atoms with E-state index >= 15 is 0 Å². The van der Waals surface area contributed by atoms with E-state index in [4.69, 9.17) is 0 Å². The van der Waals surface area contributed by atoms with Gasteiger partial charge < -0.3 is 5.11 Å². The van der Waals surface area contributed by atoms with Crippen LogP contribution in [0.1, 0.15) is 38.8 Å². The molecule has 0 heterocycles. The maximum absolute atomic E-state index is 11.3. The molecule has 1 aromatic carbocycles. The zero-order valence-electron chi connectivity index (χ0n) is 10.4. The molecular formula is C14H20O2. The monoisotopic (exact) mass is 220 g/mol. The van der Waals surface area contributed by atoms with Crippen LogP contribution in [-0.4, -0.2) is 10.9 Å². The Balaban J connectivity index is 2.91. The quantitative estimate of drug-likeness (QED) is 0.847. The van der Waals surface area contributed by atoms with Crippen molar-refractivity contribution in [3.05, 3.63) is 35.4 Å². The summed E-state index contributed by atoms with van der Waals surface area (Å²) < 4.78 is 0. The molecule has 0 aliphatic rings. The number of aliphatic hydroxyl groups is 1. The third kappa shape index (κ3) is 2.92. The van der Waals surface area contributed by atoms with E-state index in [0.29, 0.717) is 11.5 Å². The molecule has 2 nitrogen and oxygen atoms in total. The molecule has 1 N–H and O–H groups in total.